The summed E-state index contributed by atoms with van der Waals surface area (Å²) in [5, 5.41) is 8.76. The zero-order chi connectivity index (χ0) is 19.7. The average molecular weight is 403 g/mol. The summed E-state index contributed by atoms with van der Waals surface area (Å²) in [6.07, 6.45) is 5.38. The van der Waals surface area contributed by atoms with Gasteiger partial charge in [0.05, 0.1) is 23.0 Å². The average Bonchev–Trinajstić information content (AvgIpc) is 3.22. The van der Waals surface area contributed by atoms with Crippen molar-refractivity contribution < 1.29 is 13.7 Å². The molecule has 1 atom stereocenters. The SMILES string of the molecule is Cn1ncc(Cl)c1[C@@H]1CCCCCN1C(=O)c1cc(-c2ccc(F)cc2)no1. The van der Waals surface area contributed by atoms with Crippen molar-refractivity contribution in [1.29, 1.82) is 0 Å². The van der Waals surface area contributed by atoms with Crippen LogP contribution in [0.4, 0.5) is 4.39 Å². The van der Waals surface area contributed by atoms with E-state index >= 15 is 0 Å². The molecule has 0 spiro atoms. The van der Waals surface area contributed by atoms with Crippen molar-refractivity contribution in [2.24, 2.45) is 7.05 Å². The van der Waals surface area contributed by atoms with Crippen molar-refractivity contribution in [3.05, 3.63) is 58.8 Å². The van der Waals surface area contributed by atoms with Crippen LogP contribution >= 0.6 is 11.6 Å². The first-order chi connectivity index (χ1) is 13.5. The van der Waals surface area contributed by atoms with Crippen molar-refractivity contribution in [2.45, 2.75) is 31.7 Å². The summed E-state index contributed by atoms with van der Waals surface area (Å²) in [5.74, 6) is -0.404. The Morgan fingerprint density at radius 1 is 1.25 bits per heavy atom. The normalized spacial score (nSPS) is 17.5. The molecular formula is C20H20ClFN4O2. The van der Waals surface area contributed by atoms with Gasteiger partial charge in [0, 0.05) is 25.2 Å². The third-order valence-corrected chi connectivity index (χ3v) is 5.42. The van der Waals surface area contributed by atoms with Gasteiger partial charge in [0.25, 0.3) is 5.91 Å². The van der Waals surface area contributed by atoms with Crippen LogP contribution in [-0.2, 0) is 7.05 Å². The highest BCUT2D eigenvalue weighted by atomic mass is 35.5. The Bertz CT molecular complexity index is 963. The van der Waals surface area contributed by atoms with Gasteiger partial charge < -0.3 is 9.42 Å². The maximum Gasteiger partial charge on any atom is 0.293 e. The van der Waals surface area contributed by atoms with Crippen LogP contribution in [0.5, 0.6) is 0 Å². The second-order valence-electron chi connectivity index (χ2n) is 6.95. The Hall–Kier alpha value is -2.67. The first kappa shape index (κ1) is 18.7. The van der Waals surface area contributed by atoms with E-state index in [0.29, 0.717) is 22.8 Å². The van der Waals surface area contributed by atoms with Gasteiger partial charge >= 0.3 is 0 Å². The van der Waals surface area contributed by atoms with Gasteiger partial charge in [-0.3, -0.25) is 9.48 Å². The number of carbonyl (C=O) groups excluding carboxylic acids is 1. The molecule has 1 aliphatic rings. The first-order valence-corrected chi connectivity index (χ1v) is 9.63. The van der Waals surface area contributed by atoms with Crippen LogP contribution in [0.15, 0.2) is 41.1 Å². The van der Waals surface area contributed by atoms with Crippen LogP contribution in [-0.4, -0.2) is 32.3 Å². The molecule has 0 radical (unpaired) electrons. The summed E-state index contributed by atoms with van der Waals surface area (Å²) >= 11 is 6.36. The van der Waals surface area contributed by atoms with Gasteiger partial charge in [0.15, 0.2) is 0 Å². The van der Waals surface area contributed by atoms with E-state index in [1.807, 2.05) is 7.05 Å². The smallest absolute Gasteiger partial charge is 0.293 e. The summed E-state index contributed by atoms with van der Waals surface area (Å²) in [5.41, 5.74) is 2.01. The quantitative estimate of drug-likeness (QED) is 0.641. The Morgan fingerprint density at radius 2 is 2.04 bits per heavy atom. The lowest BCUT2D eigenvalue weighted by Crippen LogP contribution is -2.35. The maximum absolute atomic E-state index is 13.2. The molecular weight excluding hydrogens is 383 g/mol. The zero-order valence-electron chi connectivity index (χ0n) is 15.4. The number of benzene rings is 1. The predicted octanol–water partition coefficient (Wildman–Crippen LogP) is 4.63. The van der Waals surface area contributed by atoms with E-state index in [0.717, 1.165) is 31.4 Å². The molecule has 0 bridgehead atoms. The molecule has 2 aromatic heterocycles. The minimum atomic E-state index is -0.330. The van der Waals surface area contributed by atoms with E-state index in [2.05, 4.69) is 10.3 Å². The molecule has 4 rings (SSSR count). The monoisotopic (exact) mass is 402 g/mol. The highest BCUT2D eigenvalue weighted by Gasteiger charge is 2.33. The Balaban J connectivity index is 1.64. The van der Waals surface area contributed by atoms with Gasteiger partial charge in [-0.1, -0.05) is 29.6 Å². The Kier molecular flexibility index (Phi) is 5.17. The van der Waals surface area contributed by atoms with Crippen LogP contribution in [0.1, 0.15) is 48.0 Å². The summed E-state index contributed by atoms with van der Waals surface area (Å²) in [7, 11) is 1.83. The van der Waals surface area contributed by atoms with Crippen LogP contribution in [0.2, 0.25) is 5.02 Å². The van der Waals surface area contributed by atoms with Crippen LogP contribution in [0.3, 0.4) is 0 Å². The van der Waals surface area contributed by atoms with Gasteiger partial charge in [-0.25, -0.2) is 4.39 Å². The summed E-state index contributed by atoms with van der Waals surface area (Å²) < 4.78 is 20.2. The minimum absolute atomic E-state index is 0.157. The number of halogens is 2. The number of nitrogens with zero attached hydrogens (tertiary/aromatic N) is 4. The molecule has 0 N–H and O–H groups in total. The van der Waals surface area contributed by atoms with Crippen LogP contribution < -0.4 is 0 Å². The molecule has 3 heterocycles. The minimum Gasteiger partial charge on any atom is -0.350 e. The highest BCUT2D eigenvalue weighted by Crippen LogP contribution is 2.35. The van der Waals surface area contributed by atoms with Crippen molar-refractivity contribution in [2.75, 3.05) is 6.54 Å². The van der Waals surface area contributed by atoms with E-state index in [-0.39, 0.29) is 23.5 Å². The lowest BCUT2D eigenvalue weighted by atomic mass is 10.1. The molecule has 1 saturated heterocycles. The lowest BCUT2D eigenvalue weighted by Gasteiger charge is -2.29. The Labute approximate surface area is 166 Å². The first-order valence-electron chi connectivity index (χ1n) is 9.25. The molecule has 1 amide bonds. The molecule has 146 valence electrons. The number of hydrogen-bond donors (Lipinski definition) is 0. The fourth-order valence-corrected chi connectivity index (χ4v) is 4.00. The van der Waals surface area contributed by atoms with Crippen molar-refractivity contribution in [3.63, 3.8) is 0 Å². The summed E-state index contributed by atoms with van der Waals surface area (Å²) in [6.45, 7) is 0.609. The fraction of sp³-hybridized carbons (Fsp3) is 0.350. The van der Waals surface area contributed by atoms with Crippen molar-refractivity contribution >= 4 is 17.5 Å². The molecule has 6 nitrogen and oxygen atoms in total. The highest BCUT2D eigenvalue weighted by molar-refractivity contribution is 6.31. The number of rotatable bonds is 3. The van der Waals surface area contributed by atoms with E-state index in [9.17, 15) is 9.18 Å². The number of aromatic nitrogens is 3. The van der Waals surface area contributed by atoms with Crippen molar-refractivity contribution in [3.8, 4) is 11.3 Å². The number of amides is 1. The largest absolute Gasteiger partial charge is 0.350 e. The molecule has 1 fully saturated rings. The van der Waals surface area contributed by atoms with Gasteiger partial charge in [0.2, 0.25) is 5.76 Å². The zero-order valence-corrected chi connectivity index (χ0v) is 16.2. The molecule has 0 saturated carbocycles. The van der Waals surface area contributed by atoms with Crippen LogP contribution in [0, 0.1) is 5.82 Å². The van der Waals surface area contributed by atoms with E-state index < -0.39 is 0 Å². The van der Waals surface area contributed by atoms with Gasteiger partial charge in [0.1, 0.15) is 11.5 Å². The van der Waals surface area contributed by atoms with Crippen LogP contribution in [0.25, 0.3) is 11.3 Å². The van der Waals surface area contributed by atoms with Crippen molar-refractivity contribution in [1.82, 2.24) is 19.8 Å². The molecule has 28 heavy (non-hydrogen) atoms. The number of hydrogen-bond acceptors (Lipinski definition) is 4. The number of aryl methyl sites for hydroxylation is 1. The van der Waals surface area contributed by atoms with E-state index in [1.165, 1.54) is 12.1 Å². The second-order valence-corrected chi connectivity index (χ2v) is 7.36. The fourth-order valence-electron chi connectivity index (χ4n) is 3.70. The molecule has 8 heteroatoms. The molecule has 1 aromatic carbocycles. The molecule has 0 aliphatic carbocycles. The molecule has 1 aliphatic heterocycles. The van der Waals surface area contributed by atoms with E-state index in [1.54, 1.807) is 34.0 Å². The summed E-state index contributed by atoms with van der Waals surface area (Å²) in [6, 6.07) is 7.33. The topological polar surface area (TPSA) is 64.2 Å². The van der Waals surface area contributed by atoms with Gasteiger partial charge in [-0.15, -0.1) is 0 Å². The van der Waals surface area contributed by atoms with E-state index in [4.69, 9.17) is 16.1 Å². The third-order valence-electron chi connectivity index (χ3n) is 5.13. The lowest BCUT2D eigenvalue weighted by molar-refractivity contribution is 0.0631. The molecule has 3 aromatic rings. The second kappa shape index (κ2) is 7.75. The Morgan fingerprint density at radius 3 is 2.75 bits per heavy atom. The van der Waals surface area contributed by atoms with Gasteiger partial charge in [-0.2, -0.15) is 5.10 Å². The summed E-state index contributed by atoms with van der Waals surface area (Å²) in [4.78, 5) is 15.0. The standard InChI is InChI=1S/C20H20ClFN4O2/c1-25-19(15(21)12-23-25)17-5-3-2-4-10-26(17)20(27)18-11-16(24-28-18)13-6-8-14(22)9-7-13/h6-9,11-12,17H,2-5,10H2,1H3/t17-/m0/s1. The number of likely N-dealkylation sites (tertiary alicyclic amines) is 1. The maximum atomic E-state index is 13.2. The van der Waals surface area contributed by atoms with Gasteiger partial charge in [-0.05, 0) is 37.1 Å². The number of carbonyl (C=O) groups is 1. The molecule has 0 unspecified atom stereocenters. The predicted molar refractivity (Wildman–Crippen MR) is 102 cm³/mol. The third kappa shape index (κ3) is 3.54.